The molecule has 1 unspecified atom stereocenters. The Labute approximate surface area is 104 Å². The molecular formula is C14H11NO3. The molecule has 4 heteroatoms. The third-order valence-electron chi connectivity index (χ3n) is 2.86. The van der Waals surface area contributed by atoms with Crippen LogP contribution in [0.3, 0.4) is 0 Å². The highest BCUT2D eigenvalue weighted by molar-refractivity contribution is 5.93. The van der Waals surface area contributed by atoms with Gasteiger partial charge in [-0.15, -0.1) is 0 Å². The number of aromatic hydroxyl groups is 1. The van der Waals surface area contributed by atoms with Crippen molar-refractivity contribution in [1.82, 2.24) is 0 Å². The van der Waals surface area contributed by atoms with Gasteiger partial charge >= 0.3 is 6.09 Å². The Hall–Kier alpha value is -2.49. The predicted molar refractivity (Wildman–Crippen MR) is 66.2 cm³/mol. The van der Waals surface area contributed by atoms with E-state index in [1.54, 1.807) is 29.2 Å². The molecule has 0 aromatic heterocycles. The third kappa shape index (κ3) is 1.68. The van der Waals surface area contributed by atoms with E-state index >= 15 is 0 Å². The molecule has 1 amide bonds. The van der Waals surface area contributed by atoms with Crippen LogP contribution in [0.15, 0.2) is 54.6 Å². The summed E-state index contributed by atoms with van der Waals surface area (Å²) in [6.07, 6.45) is -0.778. The molecule has 4 nitrogen and oxygen atoms in total. The number of nitrogens with zero attached hydrogens (tertiary/aromatic N) is 1. The minimum atomic E-state index is -0.416. The number of cyclic esters (lactones) is 1. The summed E-state index contributed by atoms with van der Waals surface area (Å²) in [6, 6.07) is 16.0. The fraction of sp³-hybridized carbons (Fsp3) is 0.0714. The topological polar surface area (TPSA) is 49.8 Å². The molecule has 1 aliphatic heterocycles. The number of hydrogen-bond donors (Lipinski definition) is 1. The molecule has 1 heterocycles. The van der Waals surface area contributed by atoms with Crippen molar-refractivity contribution in [2.75, 3.05) is 4.90 Å². The molecule has 0 bridgehead atoms. The van der Waals surface area contributed by atoms with Crippen LogP contribution in [0.1, 0.15) is 11.8 Å². The number of phenolic OH excluding ortho intramolecular Hbond substituents is 1. The van der Waals surface area contributed by atoms with Gasteiger partial charge in [0.2, 0.25) is 6.23 Å². The lowest BCUT2D eigenvalue weighted by Crippen LogP contribution is -2.48. The van der Waals surface area contributed by atoms with E-state index in [9.17, 15) is 9.90 Å². The quantitative estimate of drug-likeness (QED) is 0.879. The maximum Gasteiger partial charge on any atom is 0.419 e. The van der Waals surface area contributed by atoms with Crippen LogP contribution in [0.5, 0.6) is 5.75 Å². The van der Waals surface area contributed by atoms with E-state index in [1.807, 2.05) is 30.3 Å². The van der Waals surface area contributed by atoms with Crippen molar-refractivity contribution in [2.24, 2.45) is 0 Å². The molecule has 1 atom stereocenters. The number of phenols is 1. The summed E-state index contributed by atoms with van der Waals surface area (Å²) in [5, 5.41) is 9.24. The van der Waals surface area contributed by atoms with Gasteiger partial charge in [-0.05, 0) is 36.4 Å². The monoisotopic (exact) mass is 241 g/mol. The Balaban J connectivity index is 1.90. The second-order valence-corrected chi connectivity index (χ2v) is 4.03. The van der Waals surface area contributed by atoms with Crippen LogP contribution in [0.25, 0.3) is 0 Å². The lowest BCUT2D eigenvalue weighted by Gasteiger charge is -2.39. The summed E-state index contributed by atoms with van der Waals surface area (Å²) in [6.45, 7) is 0. The molecule has 2 aromatic carbocycles. The first kappa shape index (κ1) is 10.7. The maximum atomic E-state index is 11.5. The number of benzene rings is 2. The number of ether oxygens (including phenoxy) is 1. The van der Waals surface area contributed by atoms with Crippen molar-refractivity contribution < 1.29 is 14.6 Å². The SMILES string of the molecule is O=C1OC(c2ccc(O)cc2)N1c1ccccc1. The molecule has 0 radical (unpaired) electrons. The van der Waals surface area contributed by atoms with Gasteiger partial charge in [-0.2, -0.15) is 0 Å². The first-order valence-electron chi connectivity index (χ1n) is 5.59. The fourth-order valence-electron chi connectivity index (χ4n) is 1.94. The zero-order chi connectivity index (χ0) is 12.5. The van der Waals surface area contributed by atoms with Crippen LogP contribution >= 0.6 is 0 Å². The van der Waals surface area contributed by atoms with Gasteiger partial charge in [0.25, 0.3) is 0 Å². The van der Waals surface area contributed by atoms with Gasteiger partial charge in [0.05, 0.1) is 5.69 Å². The molecule has 2 aromatic rings. The summed E-state index contributed by atoms with van der Waals surface area (Å²) >= 11 is 0. The Morgan fingerprint density at radius 3 is 2.28 bits per heavy atom. The van der Waals surface area contributed by atoms with Crippen molar-refractivity contribution in [3.8, 4) is 5.75 Å². The molecule has 0 saturated carbocycles. The lowest BCUT2D eigenvalue weighted by molar-refractivity contribution is 0.0430. The second-order valence-electron chi connectivity index (χ2n) is 4.03. The van der Waals surface area contributed by atoms with E-state index in [2.05, 4.69) is 0 Å². The first-order chi connectivity index (χ1) is 8.75. The highest BCUT2D eigenvalue weighted by Gasteiger charge is 2.40. The van der Waals surface area contributed by atoms with Crippen molar-refractivity contribution >= 4 is 11.8 Å². The van der Waals surface area contributed by atoms with E-state index < -0.39 is 6.23 Å². The number of anilines is 1. The molecule has 0 spiro atoms. The van der Waals surface area contributed by atoms with Crippen molar-refractivity contribution in [3.63, 3.8) is 0 Å². The Bertz CT molecular complexity index is 565. The number of rotatable bonds is 2. The summed E-state index contributed by atoms with van der Waals surface area (Å²) in [7, 11) is 0. The third-order valence-corrected chi connectivity index (χ3v) is 2.86. The van der Waals surface area contributed by atoms with Gasteiger partial charge in [-0.3, -0.25) is 0 Å². The van der Waals surface area contributed by atoms with Crippen molar-refractivity contribution in [2.45, 2.75) is 6.23 Å². The van der Waals surface area contributed by atoms with Gasteiger partial charge in [0.1, 0.15) is 5.75 Å². The number of para-hydroxylation sites is 1. The van der Waals surface area contributed by atoms with E-state index in [0.717, 1.165) is 11.3 Å². The molecule has 1 saturated heterocycles. The predicted octanol–water partition coefficient (Wildman–Crippen LogP) is 3.05. The molecule has 1 aliphatic rings. The normalized spacial score (nSPS) is 18.1. The second kappa shape index (κ2) is 4.07. The highest BCUT2D eigenvalue weighted by atomic mass is 16.6. The number of hydrogen-bond acceptors (Lipinski definition) is 3. The van der Waals surface area contributed by atoms with Crippen LogP contribution in [0, 0.1) is 0 Å². The zero-order valence-corrected chi connectivity index (χ0v) is 9.48. The minimum Gasteiger partial charge on any atom is -0.508 e. The Kier molecular flexibility index (Phi) is 2.41. The number of carbonyl (C=O) groups is 1. The van der Waals surface area contributed by atoms with Gasteiger partial charge in [-0.1, -0.05) is 18.2 Å². The summed E-state index contributed by atoms with van der Waals surface area (Å²) < 4.78 is 5.14. The summed E-state index contributed by atoms with van der Waals surface area (Å²) in [5.41, 5.74) is 1.63. The molecular weight excluding hydrogens is 230 g/mol. The summed E-state index contributed by atoms with van der Waals surface area (Å²) in [4.78, 5) is 13.1. The van der Waals surface area contributed by atoms with Gasteiger partial charge in [0.15, 0.2) is 0 Å². The molecule has 3 rings (SSSR count). The van der Waals surface area contributed by atoms with Crippen LogP contribution < -0.4 is 4.90 Å². The fourth-order valence-corrected chi connectivity index (χ4v) is 1.94. The van der Waals surface area contributed by atoms with E-state index in [1.165, 1.54) is 0 Å². The smallest absolute Gasteiger partial charge is 0.419 e. The van der Waals surface area contributed by atoms with E-state index in [4.69, 9.17) is 4.74 Å². The maximum absolute atomic E-state index is 11.5. The van der Waals surface area contributed by atoms with Crippen LogP contribution in [0.4, 0.5) is 10.5 Å². The molecule has 18 heavy (non-hydrogen) atoms. The Morgan fingerprint density at radius 2 is 1.67 bits per heavy atom. The largest absolute Gasteiger partial charge is 0.508 e. The van der Waals surface area contributed by atoms with Gasteiger partial charge < -0.3 is 9.84 Å². The van der Waals surface area contributed by atoms with Gasteiger partial charge in [0, 0.05) is 5.56 Å². The van der Waals surface area contributed by atoms with Crippen LogP contribution in [-0.4, -0.2) is 11.2 Å². The number of carbonyl (C=O) groups excluding carboxylic acids is 1. The van der Waals surface area contributed by atoms with Crippen LogP contribution in [0.2, 0.25) is 0 Å². The standard InChI is InChI=1S/C14H11NO3/c16-12-8-6-10(7-9-12)13-15(14(17)18-13)11-4-2-1-3-5-11/h1-9,13,16H. The molecule has 1 N–H and O–H groups in total. The average Bonchev–Trinajstić information content (AvgIpc) is 2.38. The minimum absolute atomic E-state index is 0.190. The number of amides is 1. The van der Waals surface area contributed by atoms with E-state index in [0.29, 0.717) is 0 Å². The highest BCUT2D eigenvalue weighted by Crippen LogP contribution is 2.37. The molecule has 1 fully saturated rings. The van der Waals surface area contributed by atoms with Gasteiger partial charge in [-0.25, -0.2) is 9.69 Å². The van der Waals surface area contributed by atoms with Crippen molar-refractivity contribution in [1.29, 1.82) is 0 Å². The average molecular weight is 241 g/mol. The van der Waals surface area contributed by atoms with Crippen molar-refractivity contribution in [3.05, 3.63) is 60.2 Å². The van der Waals surface area contributed by atoms with E-state index in [-0.39, 0.29) is 11.8 Å². The Morgan fingerprint density at radius 1 is 1.00 bits per heavy atom. The zero-order valence-electron chi connectivity index (χ0n) is 9.48. The summed E-state index contributed by atoms with van der Waals surface area (Å²) in [5.74, 6) is 0.190. The van der Waals surface area contributed by atoms with Crippen LogP contribution in [-0.2, 0) is 4.74 Å². The molecule has 90 valence electrons. The first-order valence-corrected chi connectivity index (χ1v) is 5.59. The lowest BCUT2D eigenvalue weighted by atomic mass is 10.1. The molecule has 0 aliphatic carbocycles.